The van der Waals surface area contributed by atoms with Crippen LogP contribution in [-0.4, -0.2) is 33.6 Å². The van der Waals surface area contributed by atoms with Gasteiger partial charge in [-0.2, -0.15) is 0 Å². The Labute approximate surface area is 61.6 Å². The summed E-state index contributed by atoms with van der Waals surface area (Å²) in [6, 6.07) is 0. The maximum Gasteiger partial charge on any atom is 0.316 e. The Morgan fingerprint density at radius 1 is 1.70 bits per heavy atom. The lowest BCUT2D eigenvalue weighted by Crippen LogP contribution is -2.13. The topological polar surface area (TPSA) is 63.6 Å². The van der Waals surface area contributed by atoms with Crippen LogP contribution in [0.1, 0.15) is 6.92 Å². The van der Waals surface area contributed by atoms with Crippen LogP contribution in [0.25, 0.3) is 0 Å². The zero-order chi connectivity index (χ0) is 7.98. The Balaban J connectivity index is 3.35. The number of rotatable bonds is 5. The van der Waals surface area contributed by atoms with Gasteiger partial charge in [0.05, 0.1) is 10.8 Å². The summed E-state index contributed by atoms with van der Waals surface area (Å²) in [4.78, 5) is 9.92. The molecule has 0 radical (unpaired) electrons. The van der Waals surface area contributed by atoms with E-state index < -0.39 is 16.8 Å². The van der Waals surface area contributed by atoms with Crippen LogP contribution in [0.2, 0.25) is 0 Å². The third kappa shape index (κ3) is 5.71. The highest BCUT2D eigenvalue weighted by atomic mass is 32.2. The van der Waals surface area contributed by atoms with E-state index in [9.17, 15) is 9.00 Å². The molecule has 0 saturated heterocycles. The van der Waals surface area contributed by atoms with Gasteiger partial charge in [-0.3, -0.25) is 9.00 Å². The number of ether oxygens (including phenoxy) is 1. The maximum atomic E-state index is 10.6. The fourth-order valence-electron chi connectivity index (χ4n) is 0.356. The van der Waals surface area contributed by atoms with Crippen molar-refractivity contribution in [3.8, 4) is 0 Å². The van der Waals surface area contributed by atoms with Crippen molar-refractivity contribution in [1.29, 1.82) is 0 Å². The molecule has 60 valence electrons. The first-order valence-corrected chi connectivity index (χ1v) is 4.30. The minimum atomic E-state index is -1.37. The van der Waals surface area contributed by atoms with Crippen molar-refractivity contribution in [2.45, 2.75) is 6.92 Å². The van der Waals surface area contributed by atoms with Gasteiger partial charge in [-0.25, -0.2) is 0 Å². The molecule has 1 unspecified atom stereocenters. The van der Waals surface area contributed by atoms with Crippen molar-refractivity contribution in [2.75, 3.05) is 18.3 Å². The van der Waals surface area contributed by atoms with E-state index in [4.69, 9.17) is 9.84 Å². The molecule has 0 aliphatic rings. The number of hydrogen-bond acceptors (Lipinski definition) is 3. The molecule has 0 amide bonds. The Morgan fingerprint density at radius 3 is 2.70 bits per heavy atom. The largest absolute Gasteiger partial charge is 0.481 e. The quantitative estimate of drug-likeness (QED) is 0.615. The van der Waals surface area contributed by atoms with Gasteiger partial charge >= 0.3 is 5.97 Å². The third-order valence-corrected chi connectivity index (χ3v) is 1.70. The fourth-order valence-corrected chi connectivity index (χ4v) is 1.07. The van der Waals surface area contributed by atoms with Crippen molar-refractivity contribution in [1.82, 2.24) is 0 Å². The fraction of sp³-hybridized carbons (Fsp3) is 0.800. The van der Waals surface area contributed by atoms with Crippen LogP contribution in [0, 0.1) is 0 Å². The molecule has 0 aliphatic carbocycles. The van der Waals surface area contributed by atoms with Gasteiger partial charge < -0.3 is 9.84 Å². The molecule has 0 heterocycles. The van der Waals surface area contributed by atoms with E-state index in [1.54, 1.807) is 6.92 Å². The Bertz CT molecular complexity index is 134. The second-order valence-corrected chi connectivity index (χ2v) is 2.99. The van der Waals surface area contributed by atoms with Crippen LogP contribution in [0.15, 0.2) is 0 Å². The molecule has 10 heavy (non-hydrogen) atoms. The van der Waals surface area contributed by atoms with Gasteiger partial charge in [-0.15, -0.1) is 0 Å². The molecule has 1 N–H and O–H groups in total. The molecule has 4 nitrogen and oxygen atoms in total. The summed E-state index contributed by atoms with van der Waals surface area (Å²) in [5.41, 5.74) is 0. The normalized spacial score (nSPS) is 12.9. The van der Waals surface area contributed by atoms with E-state index >= 15 is 0 Å². The average molecular weight is 166 g/mol. The minimum Gasteiger partial charge on any atom is -0.481 e. The first-order chi connectivity index (χ1) is 4.66. The number of carbonyl (C=O) groups is 1. The van der Waals surface area contributed by atoms with Crippen LogP contribution in [0.5, 0.6) is 0 Å². The molecule has 0 fully saturated rings. The van der Waals surface area contributed by atoms with E-state index in [2.05, 4.69) is 0 Å². The summed E-state index contributed by atoms with van der Waals surface area (Å²) in [6.07, 6.45) is 0. The van der Waals surface area contributed by atoms with Crippen LogP contribution in [0.4, 0.5) is 0 Å². The van der Waals surface area contributed by atoms with Gasteiger partial charge in [-0.05, 0) is 6.92 Å². The molecule has 0 aromatic heterocycles. The number of aliphatic carboxylic acids is 1. The summed E-state index contributed by atoms with van der Waals surface area (Å²) < 4.78 is 15.4. The lowest BCUT2D eigenvalue weighted by atomic mass is 10.8. The average Bonchev–Trinajstić information content (AvgIpc) is 1.82. The number of hydrogen-bond donors (Lipinski definition) is 1. The predicted octanol–water partition coefficient (Wildman–Crippen LogP) is -0.186. The molecular weight excluding hydrogens is 156 g/mol. The van der Waals surface area contributed by atoms with Crippen molar-refractivity contribution in [3.05, 3.63) is 0 Å². The molecule has 0 aromatic carbocycles. The third-order valence-electron chi connectivity index (χ3n) is 0.703. The first-order valence-electron chi connectivity index (χ1n) is 2.81. The highest BCUT2D eigenvalue weighted by molar-refractivity contribution is 7.85. The minimum absolute atomic E-state index is 0.0167. The van der Waals surface area contributed by atoms with Crippen molar-refractivity contribution >= 4 is 16.8 Å². The lowest BCUT2D eigenvalue weighted by Gasteiger charge is -1.97. The Hall–Kier alpha value is -0.420. The molecule has 1 atom stereocenters. The zero-order valence-electron chi connectivity index (χ0n) is 5.70. The van der Waals surface area contributed by atoms with Gasteiger partial charge in [0.15, 0.2) is 0 Å². The van der Waals surface area contributed by atoms with E-state index in [1.165, 1.54) is 0 Å². The van der Waals surface area contributed by atoms with Crippen LogP contribution in [-0.2, 0) is 20.3 Å². The summed E-state index contributed by atoms with van der Waals surface area (Å²) in [7, 11) is -1.37. The molecule has 0 saturated carbocycles. The highest BCUT2D eigenvalue weighted by Gasteiger charge is 2.04. The zero-order valence-corrected chi connectivity index (χ0v) is 6.52. The molecular formula is C5H10O4S. The van der Waals surface area contributed by atoms with E-state index in [1.807, 2.05) is 0 Å². The van der Waals surface area contributed by atoms with Crippen LogP contribution >= 0.6 is 0 Å². The van der Waals surface area contributed by atoms with Crippen molar-refractivity contribution in [3.63, 3.8) is 0 Å². The molecule has 0 bridgehead atoms. The highest BCUT2D eigenvalue weighted by Crippen LogP contribution is 1.83. The van der Waals surface area contributed by atoms with E-state index in [-0.39, 0.29) is 11.7 Å². The Morgan fingerprint density at radius 2 is 2.30 bits per heavy atom. The van der Waals surface area contributed by atoms with Crippen molar-refractivity contribution < 1.29 is 18.8 Å². The monoisotopic (exact) mass is 166 g/mol. The summed E-state index contributed by atoms with van der Waals surface area (Å²) in [5, 5.41) is 8.13. The van der Waals surface area contributed by atoms with Gasteiger partial charge in [0.1, 0.15) is 11.7 Å². The van der Waals surface area contributed by atoms with Gasteiger partial charge in [0.2, 0.25) is 0 Å². The second kappa shape index (κ2) is 5.37. The summed E-state index contributed by atoms with van der Waals surface area (Å²) in [5.74, 6) is -1.37. The second-order valence-electron chi connectivity index (χ2n) is 1.59. The van der Waals surface area contributed by atoms with Gasteiger partial charge in [0.25, 0.3) is 0 Å². The summed E-state index contributed by atoms with van der Waals surface area (Å²) >= 11 is 0. The molecule has 0 spiro atoms. The number of carboxylic acids is 1. The lowest BCUT2D eigenvalue weighted by molar-refractivity contribution is -0.134. The van der Waals surface area contributed by atoms with Crippen molar-refractivity contribution in [2.24, 2.45) is 0 Å². The molecule has 5 heteroatoms. The van der Waals surface area contributed by atoms with Crippen LogP contribution < -0.4 is 0 Å². The summed E-state index contributed by atoms with van der Waals surface area (Å²) in [6.45, 7) is 2.23. The molecule has 0 rings (SSSR count). The van der Waals surface area contributed by atoms with E-state index in [0.29, 0.717) is 6.61 Å². The first kappa shape index (κ1) is 9.58. The number of carboxylic acid groups (broad SMARTS) is 1. The maximum absolute atomic E-state index is 10.6. The predicted molar refractivity (Wildman–Crippen MR) is 37.1 cm³/mol. The van der Waals surface area contributed by atoms with Gasteiger partial charge in [0, 0.05) is 6.61 Å². The molecule has 0 aromatic rings. The standard InChI is InChI=1S/C5H10O4S/c1-2-9-4-10(8)3-5(6)7/h2-4H2,1H3,(H,6,7). The SMILES string of the molecule is CCOCS(=O)CC(=O)O. The smallest absolute Gasteiger partial charge is 0.316 e. The van der Waals surface area contributed by atoms with Gasteiger partial charge in [-0.1, -0.05) is 0 Å². The van der Waals surface area contributed by atoms with E-state index in [0.717, 1.165) is 0 Å². The Kier molecular flexibility index (Phi) is 5.15. The van der Waals surface area contributed by atoms with Crippen LogP contribution in [0.3, 0.4) is 0 Å². The molecule has 0 aliphatic heterocycles.